The molecule has 0 aliphatic heterocycles. The number of ether oxygens (including phenoxy) is 1. The fourth-order valence-corrected chi connectivity index (χ4v) is 1.90. The van der Waals surface area contributed by atoms with Crippen LogP contribution in [0.15, 0.2) is 40.9 Å². The van der Waals surface area contributed by atoms with Gasteiger partial charge >= 0.3 is 0 Å². The first-order valence-corrected chi connectivity index (χ1v) is 4.73. The summed E-state index contributed by atoms with van der Waals surface area (Å²) in [5, 5.41) is 0. The summed E-state index contributed by atoms with van der Waals surface area (Å²) < 4.78 is 5.23. The van der Waals surface area contributed by atoms with Crippen LogP contribution in [-0.4, -0.2) is 7.11 Å². The van der Waals surface area contributed by atoms with Gasteiger partial charge in [-0.3, -0.25) is 0 Å². The Morgan fingerprint density at radius 2 is 2.38 bits per heavy atom. The molecule has 1 nitrogen and oxygen atoms in total. The van der Waals surface area contributed by atoms with Crippen molar-refractivity contribution in [1.29, 1.82) is 0 Å². The van der Waals surface area contributed by atoms with Gasteiger partial charge in [0.1, 0.15) is 5.76 Å². The molecule has 0 aromatic rings. The smallest absolute Gasteiger partial charge is 0.119 e. The van der Waals surface area contributed by atoms with E-state index in [2.05, 4.69) is 18.7 Å². The second-order valence-electron chi connectivity index (χ2n) is 3.60. The highest BCUT2D eigenvalue weighted by molar-refractivity contribution is 5.43. The van der Waals surface area contributed by atoms with E-state index in [1.165, 1.54) is 17.6 Å². The number of hydrogen-bond acceptors (Lipinski definition) is 1. The van der Waals surface area contributed by atoms with Crippen LogP contribution in [0.5, 0.6) is 0 Å². The van der Waals surface area contributed by atoms with Crippen LogP contribution in [0.2, 0.25) is 0 Å². The van der Waals surface area contributed by atoms with E-state index >= 15 is 0 Å². The summed E-state index contributed by atoms with van der Waals surface area (Å²) in [7, 11) is 1.71. The normalized spacial score (nSPS) is 25.7. The van der Waals surface area contributed by atoms with Crippen molar-refractivity contribution < 1.29 is 4.74 Å². The Kier molecular flexibility index (Phi) is 2.12. The van der Waals surface area contributed by atoms with Crippen molar-refractivity contribution >= 4 is 0 Å². The van der Waals surface area contributed by atoms with Crippen LogP contribution in [-0.2, 0) is 4.74 Å². The summed E-state index contributed by atoms with van der Waals surface area (Å²) in [6, 6.07) is 0. The van der Waals surface area contributed by atoms with Crippen molar-refractivity contribution in [2.45, 2.75) is 19.8 Å². The highest BCUT2D eigenvalue weighted by Gasteiger charge is 2.22. The van der Waals surface area contributed by atoms with Crippen LogP contribution in [0, 0.1) is 5.92 Å². The predicted molar refractivity (Wildman–Crippen MR) is 53.2 cm³/mol. The molecule has 1 saturated carbocycles. The van der Waals surface area contributed by atoms with Crippen molar-refractivity contribution in [2.24, 2.45) is 5.92 Å². The van der Waals surface area contributed by atoms with Gasteiger partial charge in [-0.1, -0.05) is 6.92 Å². The van der Waals surface area contributed by atoms with Gasteiger partial charge in [0, 0.05) is 0 Å². The molecule has 2 aliphatic rings. The summed E-state index contributed by atoms with van der Waals surface area (Å²) in [4.78, 5) is 0. The third-order valence-electron chi connectivity index (χ3n) is 2.75. The number of hydrogen-bond donors (Lipinski definition) is 0. The van der Waals surface area contributed by atoms with Crippen LogP contribution in [0.25, 0.3) is 0 Å². The fraction of sp³-hybridized carbons (Fsp3) is 0.417. The quantitative estimate of drug-likeness (QED) is 0.555. The molecule has 13 heavy (non-hydrogen) atoms. The minimum absolute atomic E-state index is 0.660. The maximum atomic E-state index is 5.23. The summed E-state index contributed by atoms with van der Waals surface area (Å²) in [6.45, 7) is 2.26. The molecule has 1 heteroatoms. The Morgan fingerprint density at radius 1 is 1.54 bits per heavy atom. The van der Waals surface area contributed by atoms with E-state index < -0.39 is 0 Å². The molecule has 0 heterocycles. The molecule has 0 saturated heterocycles. The van der Waals surface area contributed by atoms with E-state index in [-0.39, 0.29) is 0 Å². The zero-order chi connectivity index (χ0) is 9.26. The molecule has 1 unspecified atom stereocenters. The van der Waals surface area contributed by atoms with Gasteiger partial charge in [-0.15, -0.1) is 5.73 Å². The predicted octanol–water partition coefficient (Wildman–Crippen LogP) is 2.97. The minimum atomic E-state index is 0.660. The lowest BCUT2D eigenvalue weighted by atomic mass is 10.0. The lowest BCUT2D eigenvalue weighted by Crippen LogP contribution is -1.91. The van der Waals surface area contributed by atoms with E-state index in [1.54, 1.807) is 7.11 Å². The Morgan fingerprint density at radius 3 is 3.15 bits per heavy atom. The first-order chi connectivity index (χ1) is 6.31. The van der Waals surface area contributed by atoms with Crippen LogP contribution >= 0.6 is 0 Å². The highest BCUT2D eigenvalue weighted by Crippen LogP contribution is 2.36. The molecule has 0 spiro atoms. The second kappa shape index (κ2) is 3.27. The molecule has 0 radical (unpaired) electrons. The average molecular weight is 174 g/mol. The lowest BCUT2D eigenvalue weighted by molar-refractivity contribution is 0.306. The maximum Gasteiger partial charge on any atom is 0.119 e. The topological polar surface area (TPSA) is 9.23 Å². The van der Waals surface area contributed by atoms with Crippen molar-refractivity contribution in [3.05, 3.63) is 40.9 Å². The van der Waals surface area contributed by atoms with Crippen molar-refractivity contribution in [1.82, 2.24) is 0 Å². The highest BCUT2D eigenvalue weighted by atomic mass is 16.5. The van der Waals surface area contributed by atoms with Gasteiger partial charge in [-0.2, -0.15) is 0 Å². The molecule has 0 aromatic carbocycles. The summed E-state index contributed by atoms with van der Waals surface area (Å²) in [5.74, 6) is 1.60. The second-order valence-corrected chi connectivity index (χ2v) is 3.60. The molecule has 0 aromatic heterocycles. The van der Waals surface area contributed by atoms with Crippen molar-refractivity contribution in [2.75, 3.05) is 7.11 Å². The minimum Gasteiger partial charge on any atom is -0.497 e. The Labute approximate surface area is 79.1 Å². The number of allylic oxidation sites excluding steroid dienone is 4. The van der Waals surface area contributed by atoms with Gasteiger partial charge in [-0.05, 0) is 48.1 Å². The van der Waals surface area contributed by atoms with E-state index in [1.807, 2.05) is 12.2 Å². The van der Waals surface area contributed by atoms with Gasteiger partial charge in [0.25, 0.3) is 0 Å². The molecule has 0 amide bonds. The SMILES string of the molecule is COC1=CC=C=C2CCC(C)C2=C1. The Hall–Kier alpha value is -1.20. The molecule has 1 atom stereocenters. The summed E-state index contributed by atoms with van der Waals surface area (Å²) in [5.41, 5.74) is 6.07. The number of methoxy groups -OCH3 is 1. The third-order valence-corrected chi connectivity index (χ3v) is 2.75. The van der Waals surface area contributed by atoms with Crippen LogP contribution in [0.3, 0.4) is 0 Å². The van der Waals surface area contributed by atoms with E-state index in [4.69, 9.17) is 4.74 Å². The third kappa shape index (κ3) is 1.48. The largest absolute Gasteiger partial charge is 0.497 e. The standard InChI is InChI=1S/C12H14O/c1-9-6-7-10-4-3-5-11(13-2)8-12(9)10/h3,5,8-9H,6-7H2,1-2H3. The van der Waals surface area contributed by atoms with Crippen molar-refractivity contribution in [3.63, 3.8) is 0 Å². The Bertz CT molecular complexity index is 338. The molecule has 2 rings (SSSR count). The van der Waals surface area contributed by atoms with Gasteiger partial charge in [-0.25, -0.2) is 0 Å². The summed E-state index contributed by atoms with van der Waals surface area (Å²) >= 11 is 0. The fourth-order valence-electron chi connectivity index (χ4n) is 1.90. The maximum absolute atomic E-state index is 5.23. The molecular formula is C12H14O. The monoisotopic (exact) mass is 174 g/mol. The average Bonchev–Trinajstić information content (AvgIpc) is 2.41. The van der Waals surface area contributed by atoms with Gasteiger partial charge in [0.2, 0.25) is 0 Å². The number of fused-ring (bicyclic) bond motifs is 1. The van der Waals surface area contributed by atoms with E-state index in [0.717, 1.165) is 12.2 Å². The first kappa shape index (κ1) is 8.40. The van der Waals surface area contributed by atoms with E-state index in [9.17, 15) is 0 Å². The molecule has 0 N–H and O–H groups in total. The van der Waals surface area contributed by atoms with Gasteiger partial charge in [0.05, 0.1) is 7.11 Å². The van der Waals surface area contributed by atoms with Crippen LogP contribution in [0.4, 0.5) is 0 Å². The van der Waals surface area contributed by atoms with Crippen molar-refractivity contribution in [3.8, 4) is 0 Å². The van der Waals surface area contributed by atoms with E-state index in [0.29, 0.717) is 5.92 Å². The summed E-state index contributed by atoms with van der Waals surface area (Å²) in [6.07, 6.45) is 8.47. The lowest BCUT2D eigenvalue weighted by Gasteiger charge is -2.05. The van der Waals surface area contributed by atoms with Gasteiger partial charge < -0.3 is 4.74 Å². The zero-order valence-corrected chi connectivity index (χ0v) is 8.13. The molecule has 1 fully saturated rings. The van der Waals surface area contributed by atoms with Crippen LogP contribution < -0.4 is 0 Å². The first-order valence-electron chi connectivity index (χ1n) is 4.73. The van der Waals surface area contributed by atoms with Gasteiger partial charge in [0.15, 0.2) is 0 Å². The molecule has 0 bridgehead atoms. The molecule has 2 aliphatic carbocycles. The number of rotatable bonds is 1. The molecule has 68 valence electrons. The molecular weight excluding hydrogens is 160 g/mol. The zero-order valence-electron chi connectivity index (χ0n) is 8.13. The Balaban J connectivity index is 2.42. The van der Waals surface area contributed by atoms with Crippen LogP contribution in [0.1, 0.15) is 19.8 Å².